The molecule has 2 atom stereocenters. The molecular weight excluding hydrogens is 168 g/mol. The number of esters is 1. The number of rotatable bonds is 4. The fourth-order valence-corrected chi connectivity index (χ4v) is 1.59. The first-order chi connectivity index (χ1) is 6.13. The molecule has 74 valence electrons. The zero-order chi connectivity index (χ0) is 9.84. The third-order valence-electron chi connectivity index (χ3n) is 2.46. The molecule has 0 saturated carbocycles. The fourth-order valence-electron chi connectivity index (χ4n) is 1.59. The molecule has 2 unspecified atom stereocenters. The molecule has 1 aliphatic rings. The van der Waals surface area contributed by atoms with E-state index in [-0.39, 0.29) is 23.8 Å². The van der Waals surface area contributed by atoms with Crippen LogP contribution >= 0.6 is 0 Å². The molecule has 1 aliphatic heterocycles. The van der Waals surface area contributed by atoms with Gasteiger partial charge >= 0.3 is 5.97 Å². The summed E-state index contributed by atoms with van der Waals surface area (Å²) >= 11 is 0. The molecule has 0 aromatic heterocycles. The second kappa shape index (κ2) is 4.40. The molecule has 0 spiro atoms. The second-order valence-electron chi connectivity index (χ2n) is 3.64. The summed E-state index contributed by atoms with van der Waals surface area (Å²) in [7, 11) is 0. The minimum Gasteiger partial charge on any atom is -0.462 e. The normalized spacial score (nSPS) is 27.4. The Morgan fingerprint density at radius 2 is 2.31 bits per heavy atom. The van der Waals surface area contributed by atoms with Gasteiger partial charge in [-0.1, -0.05) is 6.92 Å². The van der Waals surface area contributed by atoms with Crippen molar-refractivity contribution in [1.82, 2.24) is 0 Å². The second-order valence-corrected chi connectivity index (χ2v) is 3.64. The van der Waals surface area contributed by atoms with Crippen molar-refractivity contribution in [2.45, 2.75) is 45.6 Å². The highest BCUT2D eigenvalue weighted by atomic mass is 16.5. The van der Waals surface area contributed by atoms with Gasteiger partial charge in [-0.15, -0.1) is 0 Å². The maximum Gasteiger partial charge on any atom is 0.309 e. The number of hydrogen-bond acceptors (Lipinski definition) is 3. The van der Waals surface area contributed by atoms with E-state index in [2.05, 4.69) is 0 Å². The van der Waals surface area contributed by atoms with E-state index in [1.54, 1.807) is 6.92 Å². The Balaban J connectivity index is 2.35. The van der Waals surface area contributed by atoms with Crippen LogP contribution in [0, 0.1) is 5.92 Å². The van der Waals surface area contributed by atoms with Gasteiger partial charge in [-0.05, 0) is 26.2 Å². The fraction of sp³-hybridized carbons (Fsp3) is 0.800. The lowest BCUT2D eigenvalue weighted by molar-refractivity contribution is -0.144. The number of carbonyl (C=O) groups excluding carboxylic acids is 2. The van der Waals surface area contributed by atoms with E-state index in [9.17, 15) is 9.59 Å². The van der Waals surface area contributed by atoms with Gasteiger partial charge in [0.05, 0.1) is 5.92 Å². The van der Waals surface area contributed by atoms with Gasteiger partial charge in [-0.3, -0.25) is 4.79 Å². The Labute approximate surface area is 78.5 Å². The monoisotopic (exact) mass is 184 g/mol. The molecule has 0 bridgehead atoms. The highest BCUT2D eigenvalue weighted by Crippen LogP contribution is 2.26. The summed E-state index contributed by atoms with van der Waals surface area (Å²) in [6, 6.07) is 0. The Bertz CT molecular complexity index is 210. The van der Waals surface area contributed by atoms with E-state index in [0.717, 1.165) is 12.8 Å². The number of carbonyl (C=O) groups is 2. The predicted octanol–water partition coefficient (Wildman–Crippen LogP) is 1.70. The SMILES string of the molecule is CCC1CC(CCC(C)=O)C(=O)O1. The molecular formula is C10H16O3. The van der Waals surface area contributed by atoms with Crippen LogP contribution in [0.15, 0.2) is 0 Å². The van der Waals surface area contributed by atoms with Gasteiger partial charge in [-0.25, -0.2) is 0 Å². The van der Waals surface area contributed by atoms with Gasteiger partial charge in [-0.2, -0.15) is 0 Å². The molecule has 1 rings (SSSR count). The van der Waals surface area contributed by atoms with Gasteiger partial charge < -0.3 is 9.53 Å². The highest BCUT2D eigenvalue weighted by Gasteiger charge is 2.32. The number of ether oxygens (including phenoxy) is 1. The van der Waals surface area contributed by atoms with E-state index in [0.29, 0.717) is 12.8 Å². The largest absolute Gasteiger partial charge is 0.462 e. The summed E-state index contributed by atoms with van der Waals surface area (Å²) in [5.41, 5.74) is 0. The van der Waals surface area contributed by atoms with Crippen LogP contribution in [0.1, 0.15) is 39.5 Å². The van der Waals surface area contributed by atoms with Gasteiger partial charge in [0.1, 0.15) is 11.9 Å². The zero-order valence-corrected chi connectivity index (χ0v) is 8.21. The molecule has 0 aliphatic carbocycles. The van der Waals surface area contributed by atoms with Crippen molar-refractivity contribution in [2.75, 3.05) is 0 Å². The summed E-state index contributed by atoms with van der Waals surface area (Å²) in [5, 5.41) is 0. The predicted molar refractivity (Wildman–Crippen MR) is 48.2 cm³/mol. The lowest BCUT2D eigenvalue weighted by Gasteiger charge is -2.02. The van der Waals surface area contributed by atoms with E-state index in [1.165, 1.54) is 0 Å². The molecule has 13 heavy (non-hydrogen) atoms. The maximum atomic E-state index is 11.2. The smallest absolute Gasteiger partial charge is 0.309 e. The Kier molecular flexibility index (Phi) is 3.46. The van der Waals surface area contributed by atoms with Crippen molar-refractivity contribution < 1.29 is 14.3 Å². The standard InChI is InChI=1S/C10H16O3/c1-3-9-6-8(10(12)13-9)5-4-7(2)11/h8-9H,3-6H2,1-2H3. The first-order valence-electron chi connectivity index (χ1n) is 4.83. The molecule has 0 aromatic rings. The van der Waals surface area contributed by atoms with Crippen LogP contribution in [0.4, 0.5) is 0 Å². The third kappa shape index (κ3) is 2.83. The summed E-state index contributed by atoms with van der Waals surface area (Å²) < 4.78 is 5.11. The number of hydrogen-bond donors (Lipinski definition) is 0. The van der Waals surface area contributed by atoms with E-state index < -0.39 is 0 Å². The van der Waals surface area contributed by atoms with E-state index in [4.69, 9.17) is 4.74 Å². The number of cyclic esters (lactones) is 1. The van der Waals surface area contributed by atoms with Crippen molar-refractivity contribution in [3.63, 3.8) is 0 Å². The van der Waals surface area contributed by atoms with Gasteiger partial charge in [0.15, 0.2) is 0 Å². The van der Waals surface area contributed by atoms with Gasteiger partial charge in [0.2, 0.25) is 0 Å². The van der Waals surface area contributed by atoms with E-state index in [1.807, 2.05) is 6.92 Å². The number of Topliss-reactive ketones (excluding diaryl/α,β-unsaturated/α-hetero) is 1. The van der Waals surface area contributed by atoms with Crippen LogP contribution in [0.3, 0.4) is 0 Å². The van der Waals surface area contributed by atoms with Crippen molar-refractivity contribution in [3.05, 3.63) is 0 Å². The van der Waals surface area contributed by atoms with Crippen molar-refractivity contribution in [3.8, 4) is 0 Å². The Morgan fingerprint density at radius 3 is 2.77 bits per heavy atom. The zero-order valence-electron chi connectivity index (χ0n) is 8.21. The van der Waals surface area contributed by atoms with Crippen LogP contribution in [0.25, 0.3) is 0 Å². The van der Waals surface area contributed by atoms with Crippen LogP contribution < -0.4 is 0 Å². The van der Waals surface area contributed by atoms with Crippen LogP contribution in [0.5, 0.6) is 0 Å². The molecule has 1 saturated heterocycles. The van der Waals surface area contributed by atoms with Crippen LogP contribution in [-0.2, 0) is 14.3 Å². The van der Waals surface area contributed by atoms with Crippen molar-refractivity contribution in [1.29, 1.82) is 0 Å². The summed E-state index contributed by atoms with van der Waals surface area (Å²) in [6.07, 6.45) is 2.91. The maximum absolute atomic E-state index is 11.2. The molecule has 1 heterocycles. The first kappa shape index (κ1) is 10.2. The minimum absolute atomic E-state index is 0.0335. The average molecular weight is 184 g/mol. The molecule has 3 heteroatoms. The molecule has 3 nitrogen and oxygen atoms in total. The quantitative estimate of drug-likeness (QED) is 0.624. The molecule has 1 fully saturated rings. The molecule has 0 radical (unpaired) electrons. The van der Waals surface area contributed by atoms with E-state index >= 15 is 0 Å². The molecule has 0 aromatic carbocycles. The first-order valence-corrected chi connectivity index (χ1v) is 4.83. The molecule has 0 N–H and O–H groups in total. The van der Waals surface area contributed by atoms with Crippen molar-refractivity contribution >= 4 is 11.8 Å². The lowest BCUT2D eigenvalue weighted by Crippen LogP contribution is -2.08. The molecule has 0 amide bonds. The van der Waals surface area contributed by atoms with Gasteiger partial charge in [0, 0.05) is 6.42 Å². The van der Waals surface area contributed by atoms with Crippen LogP contribution in [-0.4, -0.2) is 17.9 Å². The lowest BCUT2D eigenvalue weighted by atomic mass is 9.97. The highest BCUT2D eigenvalue weighted by molar-refractivity contribution is 5.78. The summed E-state index contributed by atoms with van der Waals surface area (Å²) in [4.78, 5) is 21.9. The third-order valence-corrected chi connectivity index (χ3v) is 2.46. The topological polar surface area (TPSA) is 43.4 Å². The van der Waals surface area contributed by atoms with Crippen LogP contribution in [0.2, 0.25) is 0 Å². The summed E-state index contributed by atoms with van der Waals surface area (Å²) in [5.74, 6) is -0.00491. The average Bonchev–Trinajstić information content (AvgIpc) is 2.43. The summed E-state index contributed by atoms with van der Waals surface area (Å²) in [6.45, 7) is 3.56. The minimum atomic E-state index is -0.117. The Hall–Kier alpha value is -0.860. The van der Waals surface area contributed by atoms with Gasteiger partial charge in [0.25, 0.3) is 0 Å². The Morgan fingerprint density at radius 1 is 1.62 bits per heavy atom. The number of ketones is 1. The van der Waals surface area contributed by atoms with Crippen molar-refractivity contribution in [2.24, 2.45) is 5.92 Å².